The van der Waals surface area contributed by atoms with Crippen LogP contribution in [0.15, 0.2) is 41.6 Å². The first kappa shape index (κ1) is 26.9. The average Bonchev–Trinajstić information content (AvgIpc) is 3.55. The van der Waals surface area contributed by atoms with Crippen LogP contribution in [0.2, 0.25) is 0 Å². The van der Waals surface area contributed by atoms with Crippen molar-refractivity contribution < 1.29 is 19.0 Å². The predicted molar refractivity (Wildman–Crippen MR) is 155 cm³/mol. The van der Waals surface area contributed by atoms with E-state index in [1.807, 2.05) is 14.1 Å². The van der Waals surface area contributed by atoms with Gasteiger partial charge in [0.1, 0.15) is 17.0 Å². The van der Waals surface area contributed by atoms with Gasteiger partial charge in [-0.3, -0.25) is 9.78 Å². The summed E-state index contributed by atoms with van der Waals surface area (Å²) in [5.74, 6) is -1.65. The van der Waals surface area contributed by atoms with Gasteiger partial charge in [-0.15, -0.1) is 0 Å². The molecule has 4 heterocycles. The number of hydrogen-bond acceptors (Lipinski definition) is 8. The number of anilines is 2. The highest BCUT2D eigenvalue weighted by Crippen LogP contribution is 2.49. The van der Waals surface area contributed by atoms with Crippen molar-refractivity contribution in [2.75, 3.05) is 51.6 Å². The second kappa shape index (κ2) is 9.93. The topological polar surface area (TPSA) is 113 Å². The summed E-state index contributed by atoms with van der Waals surface area (Å²) in [5.41, 5.74) is 5.77. The maximum Gasteiger partial charge on any atom is 0.341 e. The van der Waals surface area contributed by atoms with Crippen LogP contribution in [0, 0.1) is 5.82 Å². The van der Waals surface area contributed by atoms with Crippen LogP contribution >= 0.6 is 0 Å². The molecule has 10 nitrogen and oxygen atoms in total. The summed E-state index contributed by atoms with van der Waals surface area (Å²) in [4.78, 5) is 38.7. The Morgan fingerprint density at radius 2 is 1.95 bits per heavy atom. The maximum absolute atomic E-state index is 14.9. The van der Waals surface area contributed by atoms with Crippen molar-refractivity contribution in [3.63, 3.8) is 0 Å². The molecule has 0 radical (unpaired) electrons. The van der Waals surface area contributed by atoms with Gasteiger partial charge in [-0.2, -0.15) is 0 Å². The van der Waals surface area contributed by atoms with Crippen LogP contribution in [0.1, 0.15) is 21.6 Å². The second-order valence-electron chi connectivity index (χ2n) is 10.8. The minimum atomic E-state index is -1.30. The number of pyridine rings is 3. The maximum atomic E-state index is 14.9. The molecule has 212 valence electrons. The highest BCUT2D eigenvalue weighted by molar-refractivity contribution is 5.98. The lowest BCUT2D eigenvalue weighted by Gasteiger charge is -2.26. The predicted octanol–water partition coefficient (Wildman–Crippen LogP) is 3.21. The molecule has 1 aliphatic carbocycles. The quantitative estimate of drug-likeness (QED) is 0.324. The Hall–Kier alpha value is -4.35. The second-order valence-corrected chi connectivity index (χ2v) is 10.8. The fraction of sp³-hybridized carbons (Fsp3) is 0.333. The highest BCUT2D eigenvalue weighted by Gasteiger charge is 2.38. The molecule has 1 saturated heterocycles. The molecule has 6 rings (SSSR count). The Morgan fingerprint density at radius 3 is 2.61 bits per heavy atom. The Morgan fingerprint density at radius 1 is 1.17 bits per heavy atom. The molecule has 3 aromatic heterocycles. The van der Waals surface area contributed by atoms with E-state index in [4.69, 9.17) is 9.72 Å². The fourth-order valence-corrected chi connectivity index (χ4v) is 6.27. The third kappa shape index (κ3) is 4.23. The molecule has 0 amide bonds. The van der Waals surface area contributed by atoms with Crippen molar-refractivity contribution in [3.8, 4) is 22.3 Å². The SMILES string of the molecule is CNc1cc(F)cc2c1Cc1ncc(-c3cnc4c(c3)c(=O)c(C(=O)O)cn4C)c(N3C[C@H](OC)[C@@H](N(C)C)C3)c1-2. The molecule has 2 atom stereocenters. The van der Waals surface area contributed by atoms with Gasteiger partial charge in [0, 0.05) is 81.7 Å². The van der Waals surface area contributed by atoms with Crippen LogP contribution in [-0.4, -0.2) is 84.0 Å². The summed E-state index contributed by atoms with van der Waals surface area (Å²) >= 11 is 0. The van der Waals surface area contributed by atoms with Crippen molar-refractivity contribution in [1.29, 1.82) is 0 Å². The molecular formula is C30H31FN6O4. The zero-order chi connectivity index (χ0) is 29.2. The number of aromatic nitrogens is 3. The van der Waals surface area contributed by atoms with Crippen LogP contribution < -0.4 is 15.6 Å². The highest BCUT2D eigenvalue weighted by atomic mass is 19.1. The molecule has 0 spiro atoms. The monoisotopic (exact) mass is 558 g/mol. The third-order valence-electron chi connectivity index (χ3n) is 8.30. The number of methoxy groups -OCH3 is 1. The minimum Gasteiger partial charge on any atom is -0.477 e. The summed E-state index contributed by atoms with van der Waals surface area (Å²) in [6.07, 6.45) is 5.20. The number of rotatable bonds is 6. The number of ether oxygens (including phenoxy) is 1. The summed E-state index contributed by atoms with van der Waals surface area (Å²) in [5, 5.41) is 12.9. The van der Waals surface area contributed by atoms with E-state index in [1.165, 1.54) is 16.8 Å². The Kier molecular flexibility index (Phi) is 6.50. The van der Waals surface area contributed by atoms with Crippen LogP contribution in [0.25, 0.3) is 33.3 Å². The summed E-state index contributed by atoms with van der Waals surface area (Å²) in [6.45, 7) is 1.25. The van der Waals surface area contributed by atoms with E-state index in [0.717, 1.165) is 33.6 Å². The minimum absolute atomic E-state index is 0.0666. The molecule has 11 heteroatoms. The van der Waals surface area contributed by atoms with Crippen LogP contribution in [0.3, 0.4) is 0 Å². The van der Waals surface area contributed by atoms with Crippen LogP contribution in [-0.2, 0) is 18.2 Å². The summed E-state index contributed by atoms with van der Waals surface area (Å²) in [6, 6.07) is 4.83. The van der Waals surface area contributed by atoms with Crippen molar-refractivity contribution in [3.05, 3.63) is 69.7 Å². The van der Waals surface area contributed by atoms with Gasteiger partial charge in [-0.05, 0) is 43.4 Å². The molecular weight excluding hydrogens is 527 g/mol. The van der Waals surface area contributed by atoms with Gasteiger partial charge in [0.15, 0.2) is 0 Å². The lowest BCUT2D eigenvalue weighted by Crippen LogP contribution is -2.39. The number of aromatic carboxylic acids is 1. The van der Waals surface area contributed by atoms with Gasteiger partial charge in [0.05, 0.1) is 28.9 Å². The number of nitrogens with one attached hydrogen (secondary N) is 1. The van der Waals surface area contributed by atoms with Crippen molar-refractivity contribution in [2.45, 2.75) is 18.6 Å². The summed E-state index contributed by atoms with van der Waals surface area (Å²) in [7, 11) is 9.17. The lowest BCUT2D eigenvalue weighted by molar-refractivity contribution is 0.0639. The van der Waals surface area contributed by atoms with E-state index >= 15 is 0 Å². The number of hydrogen-bond donors (Lipinski definition) is 2. The van der Waals surface area contributed by atoms with Gasteiger partial charge >= 0.3 is 5.97 Å². The number of nitrogens with zero attached hydrogens (tertiary/aromatic N) is 5. The van der Waals surface area contributed by atoms with Gasteiger partial charge < -0.3 is 29.5 Å². The number of carboxylic acids is 1. The number of halogens is 1. The third-order valence-corrected chi connectivity index (χ3v) is 8.30. The van der Waals surface area contributed by atoms with Gasteiger partial charge in [0.25, 0.3) is 0 Å². The van der Waals surface area contributed by atoms with Crippen LogP contribution in [0.4, 0.5) is 15.8 Å². The molecule has 4 aromatic rings. The average molecular weight is 559 g/mol. The Bertz CT molecular complexity index is 1790. The van der Waals surface area contributed by atoms with E-state index in [0.29, 0.717) is 36.4 Å². The smallest absolute Gasteiger partial charge is 0.341 e. The molecule has 1 fully saturated rings. The molecule has 41 heavy (non-hydrogen) atoms. The molecule has 2 N–H and O–H groups in total. The number of aryl methyl sites for hydroxylation is 1. The Labute approximate surface area is 236 Å². The first-order chi connectivity index (χ1) is 19.6. The molecule has 0 bridgehead atoms. The first-order valence-electron chi connectivity index (χ1n) is 13.3. The van der Waals surface area contributed by atoms with E-state index in [1.54, 1.807) is 45.7 Å². The number of likely N-dealkylation sites (N-methyl/N-ethyl adjacent to an activating group) is 1. The number of carbonyl (C=O) groups is 1. The van der Waals surface area contributed by atoms with Crippen LogP contribution in [0.5, 0.6) is 0 Å². The van der Waals surface area contributed by atoms with Crippen molar-refractivity contribution in [2.24, 2.45) is 7.05 Å². The van der Waals surface area contributed by atoms with Gasteiger partial charge in [-0.25, -0.2) is 14.2 Å². The number of carboxylic acid groups (broad SMARTS) is 1. The zero-order valence-corrected chi connectivity index (χ0v) is 23.5. The largest absolute Gasteiger partial charge is 0.477 e. The van der Waals surface area contributed by atoms with E-state index < -0.39 is 11.4 Å². The lowest BCUT2D eigenvalue weighted by atomic mass is 9.97. The molecule has 0 unspecified atom stereocenters. The fourth-order valence-electron chi connectivity index (χ4n) is 6.27. The first-order valence-corrected chi connectivity index (χ1v) is 13.3. The molecule has 1 aromatic carbocycles. The summed E-state index contributed by atoms with van der Waals surface area (Å²) < 4.78 is 22.3. The molecule has 0 saturated carbocycles. The number of benzene rings is 1. The van der Waals surface area contributed by atoms with E-state index in [9.17, 15) is 19.1 Å². The molecule has 1 aliphatic heterocycles. The van der Waals surface area contributed by atoms with E-state index in [-0.39, 0.29) is 28.9 Å². The van der Waals surface area contributed by atoms with E-state index in [2.05, 4.69) is 20.1 Å². The standard InChI is InChI=1S/C30H31FN6O4/c1-32-22-8-16(31)7-18-17(22)9-23-26(18)27(37-13-24(35(2)3)25(14-37)41-5)20(11-33-23)15-6-19-28(38)21(30(39)40)12-36(4)29(19)34-10-15/h6-8,10-12,24-25,32H,9,13-14H2,1-5H3,(H,39,40)/t24-,25-/m0/s1. The van der Waals surface area contributed by atoms with Crippen molar-refractivity contribution in [1.82, 2.24) is 19.4 Å². The van der Waals surface area contributed by atoms with Gasteiger partial charge in [0.2, 0.25) is 5.43 Å². The zero-order valence-electron chi connectivity index (χ0n) is 23.5. The van der Waals surface area contributed by atoms with Gasteiger partial charge in [-0.1, -0.05) is 0 Å². The van der Waals surface area contributed by atoms with Crippen molar-refractivity contribution >= 4 is 28.4 Å². The number of fused-ring (bicyclic) bond motifs is 4. The molecule has 2 aliphatic rings. The Balaban J connectivity index is 1.63. The normalized spacial score (nSPS) is 17.8.